The molecule has 3 rings (SSSR count). The molecular formula is C21H21FN2O4. The van der Waals surface area contributed by atoms with Gasteiger partial charge in [0.1, 0.15) is 12.4 Å². The molecule has 1 heterocycles. The molecule has 1 unspecified atom stereocenters. The molecule has 0 bridgehead atoms. The summed E-state index contributed by atoms with van der Waals surface area (Å²) in [5.41, 5.74) is 1.88. The first-order valence-corrected chi connectivity index (χ1v) is 9.05. The molecule has 0 spiro atoms. The highest BCUT2D eigenvalue weighted by Gasteiger charge is 2.35. The molecule has 0 aromatic heterocycles. The topological polar surface area (TPSA) is 75.7 Å². The number of esters is 1. The zero-order chi connectivity index (χ0) is 20.1. The van der Waals surface area contributed by atoms with Crippen molar-refractivity contribution >= 4 is 23.3 Å². The van der Waals surface area contributed by atoms with E-state index >= 15 is 0 Å². The number of nitrogens with one attached hydrogen (secondary N) is 1. The molecule has 0 aliphatic carbocycles. The summed E-state index contributed by atoms with van der Waals surface area (Å²) < 4.78 is 18.3. The van der Waals surface area contributed by atoms with Crippen molar-refractivity contribution in [3.63, 3.8) is 0 Å². The van der Waals surface area contributed by atoms with Gasteiger partial charge in [-0.2, -0.15) is 0 Å². The van der Waals surface area contributed by atoms with Crippen LogP contribution in [0.3, 0.4) is 0 Å². The largest absolute Gasteiger partial charge is 0.465 e. The number of anilines is 1. The van der Waals surface area contributed by atoms with Gasteiger partial charge in [0.15, 0.2) is 0 Å². The van der Waals surface area contributed by atoms with Crippen molar-refractivity contribution in [2.75, 3.05) is 25.0 Å². The van der Waals surface area contributed by atoms with E-state index in [9.17, 15) is 18.8 Å². The van der Waals surface area contributed by atoms with Crippen LogP contribution in [-0.4, -0.2) is 42.3 Å². The summed E-state index contributed by atoms with van der Waals surface area (Å²) in [6, 6.07) is 13.2. The van der Waals surface area contributed by atoms with Crippen LogP contribution in [0, 0.1) is 5.82 Å². The van der Waals surface area contributed by atoms with Crippen LogP contribution >= 0.6 is 0 Å². The molecule has 6 nitrogen and oxygen atoms in total. The molecule has 1 aliphatic heterocycles. The molecule has 146 valence electrons. The molecule has 7 heteroatoms. The zero-order valence-corrected chi connectivity index (χ0v) is 15.5. The van der Waals surface area contributed by atoms with E-state index in [4.69, 9.17) is 4.74 Å². The summed E-state index contributed by atoms with van der Waals surface area (Å²) in [6.45, 7) is 1.87. The Labute approximate surface area is 162 Å². The van der Waals surface area contributed by atoms with Crippen LogP contribution in [0.25, 0.3) is 0 Å². The number of carbonyl (C=O) groups excluding carboxylic acids is 3. The van der Waals surface area contributed by atoms with Gasteiger partial charge in [0, 0.05) is 18.8 Å². The summed E-state index contributed by atoms with van der Waals surface area (Å²) in [5, 5.41) is 2.95. The maximum Gasteiger partial charge on any atom is 0.325 e. The molecule has 1 N–H and O–H groups in total. The molecule has 1 amide bonds. The minimum atomic E-state index is -0.763. The molecule has 1 aliphatic rings. The predicted octanol–water partition coefficient (Wildman–Crippen LogP) is 2.50. The number of ketones is 1. The molecule has 0 radical (unpaired) electrons. The number of rotatable bonds is 7. The Balaban J connectivity index is 1.80. The van der Waals surface area contributed by atoms with Gasteiger partial charge in [-0.05, 0) is 30.2 Å². The molecule has 0 saturated carbocycles. The van der Waals surface area contributed by atoms with Crippen LogP contribution in [0.15, 0.2) is 48.5 Å². The Morgan fingerprint density at radius 2 is 1.93 bits per heavy atom. The lowest BCUT2D eigenvalue weighted by Crippen LogP contribution is -2.42. The number of fused-ring (bicyclic) bond motifs is 1. The lowest BCUT2D eigenvalue weighted by atomic mass is 9.95. The van der Waals surface area contributed by atoms with Crippen molar-refractivity contribution < 1.29 is 23.5 Å². The van der Waals surface area contributed by atoms with Crippen molar-refractivity contribution in [1.82, 2.24) is 4.90 Å². The minimum Gasteiger partial charge on any atom is -0.465 e. The average molecular weight is 384 g/mol. The first kappa shape index (κ1) is 19.5. The van der Waals surface area contributed by atoms with Crippen molar-refractivity contribution in [3.8, 4) is 0 Å². The Morgan fingerprint density at radius 3 is 2.64 bits per heavy atom. The van der Waals surface area contributed by atoms with Crippen LogP contribution in [0.2, 0.25) is 0 Å². The number of carbonyl (C=O) groups is 3. The predicted molar refractivity (Wildman–Crippen MR) is 101 cm³/mol. The first-order valence-electron chi connectivity index (χ1n) is 9.05. The number of nitrogens with zero attached hydrogens (tertiary/aromatic N) is 1. The summed E-state index contributed by atoms with van der Waals surface area (Å²) in [4.78, 5) is 38.9. The van der Waals surface area contributed by atoms with E-state index in [-0.39, 0.29) is 26.2 Å². The number of hydrogen-bond acceptors (Lipinski definition) is 5. The van der Waals surface area contributed by atoms with Crippen molar-refractivity contribution in [2.45, 2.75) is 19.4 Å². The van der Waals surface area contributed by atoms with Crippen LogP contribution in [-0.2, 0) is 25.7 Å². The van der Waals surface area contributed by atoms with E-state index in [0.29, 0.717) is 11.3 Å². The summed E-state index contributed by atoms with van der Waals surface area (Å²) in [7, 11) is 0. The third-order valence-corrected chi connectivity index (χ3v) is 4.54. The zero-order valence-electron chi connectivity index (χ0n) is 15.5. The number of amides is 1. The highest BCUT2D eigenvalue weighted by Crippen LogP contribution is 2.33. The van der Waals surface area contributed by atoms with Gasteiger partial charge in [0.2, 0.25) is 5.78 Å². The highest BCUT2D eigenvalue weighted by atomic mass is 19.1. The number of halogens is 1. The second kappa shape index (κ2) is 8.65. The standard InChI is InChI=1S/C21H21FN2O4/c1-2-28-19(25)13-24(12-14-6-4-3-5-7-14)21(27)20(26)17-11-23-18-10-15(22)8-9-16(17)18/h3-10,17,23H,2,11-13H2,1H3. The van der Waals surface area contributed by atoms with Crippen LogP contribution in [0.5, 0.6) is 0 Å². The quantitative estimate of drug-likeness (QED) is 0.586. The summed E-state index contributed by atoms with van der Waals surface area (Å²) in [6.07, 6.45) is 0. The normalized spacial score (nSPS) is 14.7. The Kier molecular flexibility index (Phi) is 6.03. The molecular weight excluding hydrogens is 363 g/mol. The third kappa shape index (κ3) is 4.36. The van der Waals surface area contributed by atoms with Crippen LogP contribution in [0.4, 0.5) is 10.1 Å². The molecule has 28 heavy (non-hydrogen) atoms. The number of Topliss-reactive ketones (excluding diaryl/α,β-unsaturated/α-hetero) is 1. The van der Waals surface area contributed by atoms with E-state index in [0.717, 1.165) is 5.56 Å². The molecule has 0 saturated heterocycles. The van der Waals surface area contributed by atoms with Gasteiger partial charge < -0.3 is 15.0 Å². The van der Waals surface area contributed by atoms with Gasteiger partial charge in [0.25, 0.3) is 5.91 Å². The van der Waals surface area contributed by atoms with Gasteiger partial charge in [-0.15, -0.1) is 0 Å². The Bertz CT molecular complexity index is 885. The van der Waals surface area contributed by atoms with E-state index in [1.165, 1.54) is 23.1 Å². The van der Waals surface area contributed by atoms with Crippen molar-refractivity contribution in [1.29, 1.82) is 0 Å². The highest BCUT2D eigenvalue weighted by molar-refractivity contribution is 6.38. The van der Waals surface area contributed by atoms with Gasteiger partial charge in [-0.1, -0.05) is 36.4 Å². The van der Waals surface area contributed by atoms with Gasteiger partial charge >= 0.3 is 5.97 Å². The first-order chi connectivity index (χ1) is 13.5. The van der Waals surface area contributed by atoms with E-state index in [2.05, 4.69) is 5.32 Å². The van der Waals surface area contributed by atoms with Crippen molar-refractivity contribution in [2.24, 2.45) is 0 Å². The maximum absolute atomic E-state index is 13.4. The fourth-order valence-corrected chi connectivity index (χ4v) is 3.21. The summed E-state index contributed by atoms with van der Waals surface area (Å²) in [5.74, 6) is -3.12. The smallest absolute Gasteiger partial charge is 0.325 e. The number of benzene rings is 2. The fourth-order valence-electron chi connectivity index (χ4n) is 3.21. The number of hydrogen-bond donors (Lipinski definition) is 1. The van der Waals surface area contributed by atoms with Crippen LogP contribution in [0.1, 0.15) is 24.0 Å². The summed E-state index contributed by atoms with van der Waals surface area (Å²) >= 11 is 0. The fraction of sp³-hybridized carbons (Fsp3) is 0.286. The molecule has 1 atom stereocenters. The van der Waals surface area contributed by atoms with Gasteiger partial charge in [0.05, 0.1) is 12.5 Å². The molecule has 0 fully saturated rings. The second-order valence-corrected chi connectivity index (χ2v) is 6.48. The van der Waals surface area contributed by atoms with Gasteiger partial charge in [-0.25, -0.2) is 4.39 Å². The van der Waals surface area contributed by atoms with E-state index in [1.54, 1.807) is 6.92 Å². The van der Waals surface area contributed by atoms with Gasteiger partial charge in [-0.3, -0.25) is 14.4 Å². The Hall–Kier alpha value is -3.22. The third-order valence-electron chi connectivity index (χ3n) is 4.54. The maximum atomic E-state index is 13.4. The van der Waals surface area contributed by atoms with Crippen molar-refractivity contribution in [3.05, 3.63) is 65.5 Å². The lowest BCUT2D eigenvalue weighted by Gasteiger charge is -2.22. The monoisotopic (exact) mass is 384 g/mol. The van der Waals surface area contributed by atoms with E-state index in [1.807, 2.05) is 30.3 Å². The average Bonchev–Trinajstić information content (AvgIpc) is 3.10. The minimum absolute atomic E-state index is 0.112. The number of ether oxygens (including phenoxy) is 1. The Morgan fingerprint density at radius 1 is 1.18 bits per heavy atom. The van der Waals surface area contributed by atoms with Crippen LogP contribution < -0.4 is 5.32 Å². The molecule has 2 aromatic rings. The van der Waals surface area contributed by atoms with E-state index < -0.39 is 29.4 Å². The lowest BCUT2D eigenvalue weighted by molar-refractivity contribution is -0.152. The SMILES string of the molecule is CCOC(=O)CN(Cc1ccccc1)C(=O)C(=O)C1CNc2cc(F)ccc21. The molecule has 2 aromatic carbocycles. The second-order valence-electron chi connectivity index (χ2n) is 6.48.